The van der Waals surface area contributed by atoms with Crippen LogP contribution in [0.4, 0.5) is 0 Å². The molecule has 1 atom stereocenters. The van der Waals surface area contributed by atoms with Gasteiger partial charge in [-0.25, -0.2) is 0 Å². The molecule has 0 amide bonds. The molecule has 0 bridgehead atoms. The average Bonchev–Trinajstić information content (AvgIpc) is 3.29. The zero-order valence-electron chi connectivity index (χ0n) is 15.1. The third kappa shape index (κ3) is 3.44. The summed E-state index contributed by atoms with van der Waals surface area (Å²) in [5.41, 5.74) is 4.86. The number of aromatic nitrogens is 2. The lowest BCUT2D eigenvalue weighted by atomic mass is 10.0. The zero-order chi connectivity index (χ0) is 19.0. The largest absolute Gasteiger partial charge is 0.490 e. The monoisotopic (exact) mass is 471 g/mol. The van der Waals surface area contributed by atoms with Gasteiger partial charge in [0.1, 0.15) is 11.8 Å². The Balaban J connectivity index is 1.69. The maximum atomic E-state index is 9.42. The van der Waals surface area contributed by atoms with Crippen LogP contribution >= 0.6 is 22.6 Å². The molecule has 0 spiro atoms. The van der Waals surface area contributed by atoms with Gasteiger partial charge in [-0.1, -0.05) is 45.9 Å². The molecule has 0 radical (unpaired) electrons. The van der Waals surface area contributed by atoms with Crippen LogP contribution in [0.15, 0.2) is 40.9 Å². The van der Waals surface area contributed by atoms with Crippen LogP contribution in [0.2, 0.25) is 0 Å². The summed E-state index contributed by atoms with van der Waals surface area (Å²) < 4.78 is 11.7. The van der Waals surface area contributed by atoms with E-state index in [1.165, 1.54) is 11.1 Å². The number of hydrogen-bond donors (Lipinski definition) is 0. The summed E-state index contributed by atoms with van der Waals surface area (Å²) in [7, 11) is 0. The molecule has 0 aliphatic heterocycles. The van der Waals surface area contributed by atoms with E-state index in [2.05, 4.69) is 44.9 Å². The van der Waals surface area contributed by atoms with E-state index < -0.39 is 0 Å². The number of alkyl halides is 1. The Kier molecular flexibility index (Phi) is 4.87. The number of benzene rings is 2. The Morgan fingerprint density at radius 1 is 1.30 bits per heavy atom. The molecule has 3 aromatic rings. The van der Waals surface area contributed by atoms with Crippen molar-refractivity contribution in [2.45, 2.75) is 36.7 Å². The van der Waals surface area contributed by atoms with E-state index in [1.54, 1.807) is 12.1 Å². The van der Waals surface area contributed by atoms with Gasteiger partial charge in [0.25, 0.3) is 5.89 Å². The molecule has 0 N–H and O–H groups in total. The Bertz CT molecular complexity index is 1040. The van der Waals surface area contributed by atoms with E-state index in [0.717, 1.165) is 18.4 Å². The highest BCUT2D eigenvalue weighted by molar-refractivity contribution is 14.1. The van der Waals surface area contributed by atoms with E-state index in [4.69, 9.17) is 9.26 Å². The minimum absolute atomic E-state index is 0.000127. The summed E-state index contributed by atoms with van der Waals surface area (Å²) in [5, 5.41) is 13.6. The molecule has 27 heavy (non-hydrogen) atoms. The second-order valence-corrected chi connectivity index (χ2v) is 8.30. The Hall–Kier alpha value is -2.40. The van der Waals surface area contributed by atoms with Crippen molar-refractivity contribution >= 4 is 22.6 Å². The predicted molar refractivity (Wildman–Crippen MR) is 111 cm³/mol. The van der Waals surface area contributed by atoms with E-state index in [1.807, 2.05) is 32.0 Å². The van der Waals surface area contributed by atoms with Gasteiger partial charge in [-0.15, -0.1) is 0 Å². The second-order valence-electron chi connectivity index (χ2n) is 6.79. The first kappa shape index (κ1) is 18.0. The standard InChI is InChI=1S/C21H18IN3O2/c1-12(2)26-19-9-6-13(10-14(19)11-23)21-24-20(25-27-21)17-5-3-4-16-15(17)7-8-18(16)22/h3-6,9-10,12,18H,7-8H2,1-2H3/t18-/m1/s1. The average molecular weight is 471 g/mol. The predicted octanol–water partition coefficient (Wildman–Crippen LogP) is 5.48. The van der Waals surface area contributed by atoms with Crippen LogP contribution in [0.1, 0.15) is 40.9 Å². The van der Waals surface area contributed by atoms with Gasteiger partial charge in [0, 0.05) is 15.1 Å². The number of fused-ring (bicyclic) bond motifs is 1. The summed E-state index contributed by atoms with van der Waals surface area (Å²) >= 11 is 2.49. The van der Waals surface area contributed by atoms with Crippen molar-refractivity contribution in [1.29, 1.82) is 5.26 Å². The SMILES string of the molecule is CC(C)Oc1ccc(-c2nc(-c3cccc4c3CC[C@H]4I)no2)cc1C#N. The Morgan fingerprint density at radius 3 is 2.93 bits per heavy atom. The number of hydrogen-bond acceptors (Lipinski definition) is 5. The zero-order valence-corrected chi connectivity index (χ0v) is 17.2. The Labute approximate surface area is 171 Å². The number of halogens is 1. The maximum Gasteiger partial charge on any atom is 0.258 e. The van der Waals surface area contributed by atoms with Crippen LogP contribution < -0.4 is 4.74 Å². The van der Waals surface area contributed by atoms with Gasteiger partial charge in [0.15, 0.2) is 0 Å². The van der Waals surface area contributed by atoms with Gasteiger partial charge in [-0.3, -0.25) is 0 Å². The van der Waals surface area contributed by atoms with Crippen LogP contribution in [0, 0.1) is 11.3 Å². The first-order valence-electron chi connectivity index (χ1n) is 8.88. The normalized spacial score (nSPS) is 15.6. The fourth-order valence-corrected chi connectivity index (χ4v) is 4.27. The van der Waals surface area contributed by atoms with Gasteiger partial charge in [-0.2, -0.15) is 10.2 Å². The maximum absolute atomic E-state index is 9.42. The van der Waals surface area contributed by atoms with Crippen molar-refractivity contribution in [3.63, 3.8) is 0 Å². The number of nitrogens with zero attached hydrogens (tertiary/aromatic N) is 3. The van der Waals surface area contributed by atoms with E-state index in [-0.39, 0.29) is 6.10 Å². The van der Waals surface area contributed by atoms with Crippen molar-refractivity contribution in [2.24, 2.45) is 0 Å². The highest BCUT2D eigenvalue weighted by Gasteiger charge is 2.24. The van der Waals surface area contributed by atoms with Crippen LogP contribution in [0.25, 0.3) is 22.8 Å². The van der Waals surface area contributed by atoms with Crippen molar-refractivity contribution in [1.82, 2.24) is 10.1 Å². The van der Waals surface area contributed by atoms with Gasteiger partial charge in [-0.05, 0) is 56.0 Å². The summed E-state index contributed by atoms with van der Waals surface area (Å²) in [6.45, 7) is 3.86. The third-order valence-electron chi connectivity index (χ3n) is 4.57. The number of nitriles is 1. The molecule has 4 rings (SSSR count). The molecule has 136 valence electrons. The lowest BCUT2D eigenvalue weighted by Gasteiger charge is -2.11. The van der Waals surface area contributed by atoms with Gasteiger partial charge in [0.2, 0.25) is 5.82 Å². The van der Waals surface area contributed by atoms with Crippen molar-refractivity contribution in [3.8, 4) is 34.7 Å². The number of ether oxygens (including phenoxy) is 1. The van der Waals surface area contributed by atoms with Crippen LogP contribution in [-0.4, -0.2) is 16.2 Å². The molecule has 6 heteroatoms. The van der Waals surface area contributed by atoms with Crippen LogP contribution in [0.3, 0.4) is 0 Å². The highest BCUT2D eigenvalue weighted by Crippen LogP contribution is 2.42. The first-order chi connectivity index (χ1) is 13.1. The molecule has 0 saturated heterocycles. The summed E-state index contributed by atoms with van der Waals surface area (Å²) in [5.74, 6) is 1.55. The fourth-order valence-electron chi connectivity index (χ4n) is 3.37. The highest BCUT2D eigenvalue weighted by atomic mass is 127. The molecule has 0 fully saturated rings. The Morgan fingerprint density at radius 2 is 2.15 bits per heavy atom. The number of rotatable bonds is 4. The van der Waals surface area contributed by atoms with E-state index in [0.29, 0.717) is 32.5 Å². The molecule has 0 saturated carbocycles. The minimum atomic E-state index is -0.000127. The quantitative estimate of drug-likeness (QED) is 0.372. The molecule has 1 aliphatic carbocycles. The van der Waals surface area contributed by atoms with Gasteiger partial charge in [0.05, 0.1) is 11.7 Å². The molecule has 0 unspecified atom stereocenters. The molecule has 1 aliphatic rings. The van der Waals surface area contributed by atoms with E-state index >= 15 is 0 Å². The van der Waals surface area contributed by atoms with Gasteiger partial charge < -0.3 is 9.26 Å². The van der Waals surface area contributed by atoms with Crippen LogP contribution in [0.5, 0.6) is 5.75 Å². The molecule has 2 aromatic carbocycles. The third-order valence-corrected chi connectivity index (χ3v) is 5.87. The summed E-state index contributed by atoms with van der Waals surface area (Å²) in [4.78, 5) is 4.59. The topological polar surface area (TPSA) is 71.9 Å². The molecule has 5 nitrogen and oxygen atoms in total. The minimum Gasteiger partial charge on any atom is -0.490 e. The van der Waals surface area contributed by atoms with Crippen LogP contribution in [-0.2, 0) is 6.42 Å². The first-order valence-corrected chi connectivity index (χ1v) is 10.1. The lowest BCUT2D eigenvalue weighted by Crippen LogP contribution is -2.06. The van der Waals surface area contributed by atoms with Crippen molar-refractivity contribution in [2.75, 3.05) is 0 Å². The summed E-state index contributed by atoms with van der Waals surface area (Å²) in [6.07, 6.45) is 2.17. The van der Waals surface area contributed by atoms with Gasteiger partial charge >= 0.3 is 0 Å². The van der Waals surface area contributed by atoms with Crippen molar-refractivity contribution in [3.05, 3.63) is 53.1 Å². The second kappa shape index (κ2) is 7.31. The lowest BCUT2D eigenvalue weighted by molar-refractivity contribution is 0.242. The summed E-state index contributed by atoms with van der Waals surface area (Å²) in [6, 6.07) is 13.8. The molecular weight excluding hydrogens is 453 g/mol. The molecular formula is C21H18IN3O2. The van der Waals surface area contributed by atoms with Crippen molar-refractivity contribution < 1.29 is 9.26 Å². The molecule has 1 aromatic heterocycles. The molecule has 1 heterocycles. The fraction of sp³-hybridized carbons (Fsp3) is 0.286. The smallest absolute Gasteiger partial charge is 0.258 e. The van der Waals surface area contributed by atoms with E-state index in [9.17, 15) is 5.26 Å².